The van der Waals surface area contributed by atoms with Gasteiger partial charge in [0.2, 0.25) is 0 Å². The summed E-state index contributed by atoms with van der Waals surface area (Å²) < 4.78 is 49.5. The van der Waals surface area contributed by atoms with Crippen LogP contribution < -0.4 is 10.2 Å². The van der Waals surface area contributed by atoms with Gasteiger partial charge < -0.3 is 9.47 Å². The quantitative estimate of drug-likeness (QED) is 0.927. The first-order valence-electron chi connectivity index (χ1n) is 6.71. The topological polar surface area (TPSA) is 59.9 Å². The highest BCUT2D eigenvalue weighted by atomic mass is 19.4. The van der Waals surface area contributed by atoms with Crippen LogP contribution in [0.25, 0.3) is 0 Å². The molecule has 1 amide bonds. The zero-order valence-corrected chi connectivity index (χ0v) is 12.0. The van der Waals surface area contributed by atoms with Gasteiger partial charge in [-0.2, -0.15) is 18.3 Å². The highest BCUT2D eigenvalue weighted by Crippen LogP contribution is 2.37. The van der Waals surface area contributed by atoms with Gasteiger partial charge in [0.1, 0.15) is 17.6 Å². The number of hydrogen-bond donors (Lipinski definition) is 1. The molecular formula is C14H15F3N2O3. The van der Waals surface area contributed by atoms with Crippen LogP contribution in [0.4, 0.5) is 18.0 Å². The summed E-state index contributed by atoms with van der Waals surface area (Å²) in [6, 6.07) is 3.65. The van der Waals surface area contributed by atoms with Crippen molar-refractivity contribution < 1.29 is 27.4 Å². The van der Waals surface area contributed by atoms with Crippen molar-refractivity contribution in [3.8, 4) is 5.75 Å². The number of amides is 1. The van der Waals surface area contributed by atoms with Crippen LogP contribution >= 0.6 is 0 Å². The second-order valence-electron chi connectivity index (χ2n) is 4.71. The van der Waals surface area contributed by atoms with Crippen LogP contribution in [0.15, 0.2) is 23.3 Å². The average molecular weight is 316 g/mol. The van der Waals surface area contributed by atoms with Crippen LogP contribution in [-0.4, -0.2) is 24.5 Å². The van der Waals surface area contributed by atoms with Crippen LogP contribution in [0.2, 0.25) is 0 Å². The minimum absolute atomic E-state index is 0.193. The predicted octanol–water partition coefficient (Wildman–Crippen LogP) is 3.33. The molecule has 120 valence electrons. The molecule has 8 heteroatoms. The van der Waals surface area contributed by atoms with E-state index in [2.05, 4.69) is 10.5 Å². The summed E-state index contributed by atoms with van der Waals surface area (Å²) in [6.45, 7) is 3.53. The second-order valence-corrected chi connectivity index (χ2v) is 4.71. The Morgan fingerprint density at radius 1 is 1.41 bits per heavy atom. The maximum atomic E-state index is 13.2. The standard InChI is InChI=1S/C14H15F3N2O3/c1-3-6-21-11-5-4-9(7-10(11)14(15,16)17)12-8(2)22-13(20)19-18-12/h4-5,7-8H,3,6H2,1-2H3,(H,19,20)/t8-/m0/s1. The van der Waals surface area contributed by atoms with E-state index in [1.165, 1.54) is 19.1 Å². The monoisotopic (exact) mass is 316 g/mol. The lowest BCUT2D eigenvalue weighted by Crippen LogP contribution is -2.37. The number of carbonyl (C=O) groups is 1. The number of carbonyl (C=O) groups excluding carboxylic acids is 1. The number of nitrogens with one attached hydrogen (secondary N) is 1. The van der Waals surface area contributed by atoms with Gasteiger partial charge in [-0.3, -0.25) is 0 Å². The van der Waals surface area contributed by atoms with E-state index in [4.69, 9.17) is 9.47 Å². The molecule has 0 saturated carbocycles. The van der Waals surface area contributed by atoms with E-state index in [0.717, 1.165) is 6.07 Å². The predicted molar refractivity (Wildman–Crippen MR) is 72.8 cm³/mol. The summed E-state index contributed by atoms with van der Waals surface area (Å²) in [5, 5.41) is 3.76. The number of hydrogen-bond acceptors (Lipinski definition) is 4. The van der Waals surface area contributed by atoms with Gasteiger partial charge in [-0.25, -0.2) is 10.2 Å². The van der Waals surface area contributed by atoms with Crippen molar-refractivity contribution in [2.24, 2.45) is 5.10 Å². The molecule has 0 aromatic heterocycles. The lowest BCUT2D eigenvalue weighted by Gasteiger charge is -2.21. The number of rotatable bonds is 4. The van der Waals surface area contributed by atoms with Gasteiger partial charge in [0.15, 0.2) is 0 Å². The van der Waals surface area contributed by atoms with E-state index in [0.29, 0.717) is 6.42 Å². The fourth-order valence-electron chi connectivity index (χ4n) is 1.99. The van der Waals surface area contributed by atoms with Crippen LogP contribution in [-0.2, 0) is 10.9 Å². The molecule has 1 heterocycles. The number of halogens is 3. The van der Waals surface area contributed by atoms with Crippen molar-refractivity contribution in [2.75, 3.05) is 6.61 Å². The molecule has 5 nitrogen and oxygen atoms in total. The van der Waals surface area contributed by atoms with E-state index in [1.807, 2.05) is 0 Å². The first-order valence-corrected chi connectivity index (χ1v) is 6.71. The van der Waals surface area contributed by atoms with Gasteiger partial charge in [0, 0.05) is 5.56 Å². The van der Waals surface area contributed by atoms with Gasteiger partial charge in [-0.15, -0.1) is 0 Å². The Kier molecular flexibility index (Phi) is 4.58. The fraction of sp³-hybridized carbons (Fsp3) is 0.429. The lowest BCUT2D eigenvalue weighted by molar-refractivity contribution is -0.139. The third-order valence-electron chi connectivity index (χ3n) is 2.98. The maximum Gasteiger partial charge on any atom is 0.428 e. The summed E-state index contributed by atoms with van der Waals surface area (Å²) in [6.07, 6.45) is -5.43. The minimum Gasteiger partial charge on any atom is -0.493 e. The van der Waals surface area contributed by atoms with Crippen LogP contribution in [0.1, 0.15) is 31.4 Å². The molecule has 1 atom stereocenters. The first kappa shape index (κ1) is 16.1. The number of nitrogens with zero attached hydrogens (tertiary/aromatic N) is 1. The van der Waals surface area contributed by atoms with Gasteiger partial charge >= 0.3 is 12.3 Å². The van der Waals surface area contributed by atoms with Gasteiger partial charge in [0.25, 0.3) is 0 Å². The highest BCUT2D eigenvalue weighted by Gasteiger charge is 2.35. The molecule has 0 spiro atoms. The molecule has 0 bridgehead atoms. The molecular weight excluding hydrogens is 301 g/mol. The normalized spacial score (nSPS) is 18.3. The molecule has 0 saturated heterocycles. The Morgan fingerprint density at radius 3 is 2.73 bits per heavy atom. The van der Waals surface area contributed by atoms with E-state index >= 15 is 0 Å². The zero-order chi connectivity index (χ0) is 16.3. The largest absolute Gasteiger partial charge is 0.493 e. The Bertz CT molecular complexity index is 599. The fourth-order valence-corrected chi connectivity index (χ4v) is 1.99. The van der Waals surface area contributed by atoms with Gasteiger partial charge in [-0.1, -0.05) is 6.92 Å². The zero-order valence-electron chi connectivity index (χ0n) is 12.0. The summed E-state index contributed by atoms with van der Waals surface area (Å²) in [7, 11) is 0. The molecule has 2 rings (SSSR count). The maximum absolute atomic E-state index is 13.2. The highest BCUT2D eigenvalue weighted by molar-refractivity contribution is 6.06. The Labute approximate surface area is 125 Å². The third-order valence-corrected chi connectivity index (χ3v) is 2.98. The van der Waals surface area contributed by atoms with Crippen molar-refractivity contribution in [2.45, 2.75) is 32.5 Å². The first-order chi connectivity index (χ1) is 10.3. The Balaban J connectivity index is 2.40. The SMILES string of the molecule is CCCOc1ccc(C2=NNC(=O)O[C@H]2C)cc1C(F)(F)F. The number of cyclic esters (lactones) is 1. The Morgan fingerprint density at radius 2 is 2.14 bits per heavy atom. The van der Waals surface area contributed by atoms with Crippen LogP contribution in [0, 0.1) is 0 Å². The van der Waals surface area contributed by atoms with E-state index < -0.39 is 23.9 Å². The average Bonchev–Trinajstić information content (AvgIpc) is 2.44. The summed E-state index contributed by atoms with van der Waals surface area (Å²) in [4.78, 5) is 11.0. The second kappa shape index (κ2) is 6.25. The molecule has 1 aliphatic rings. The van der Waals surface area contributed by atoms with E-state index in [1.54, 1.807) is 6.92 Å². The minimum atomic E-state index is -4.55. The van der Waals surface area contributed by atoms with E-state index in [-0.39, 0.29) is 23.6 Å². The van der Waals surface area contributed by atoms with Crippen molar-refractivity contribution in [1.29, 1.82) is 0 Å². The van der Waals surface area contributed by atoms with Crippen molar-refractivity contribution in [3.63, 3.8) is 0 Å². The van der Waals surface area contributed by atoms with Crippen LogP contribution in [0.5, 0.6) is 5.75 Å². The molecule has 1 N–H and O–H groups in total. The lowest BCUT2D eigenvalue weighted by atomic mass is 10.0. The number of ether oxygens (including phenoxy) is 2. The van der Waals surface area contributed by atoms with Gasteiger partial charge in [0.05, 0.1) is 12.2 Å². The van der Waals surface area contributed by atoms with E-state index in [9.17, 15) is 18.0 Å². The number of benzene rings is 1. The van der Waals surface area contributed by atoms with Crippen molar-refractivity contribution >= 4 is 11.8 Å². The molecule has 1 aromatic carbocycles. The summed E-state index contributed by atoms with van der Waals surface area (Å²) in [5.74, 6) is -0.230. The van der Waals surface area contributed by atoms with Crippen molar-refractivity contribution in [3.05, 3.63) is 29.3 Å². The molecule has 0 unspecified atom stereocenters. The molecule has 0 fully saturated rings. The number of alkyl halides is 3. The third kappa shape index (κ3) is 3.49. The molecule has 0 radical (unpaired) electrons. The molecule has 1 aliphatic heterocycles. The van der Waals surface area contributed by atoms with Gasteiger partial charge in [-0.05, 0) is 31.5 Å². The Hall–Kier alpha value is -2.25. The summed E-state index contributed by atoms with van der Waals surface area (Å²) >= 11 is 0. The molecule has 1 aromatic rings. The molecule has 0 aliphatic carbocycles. The number of hydrazone groups is 1. The van der Waals surface area contributed by atoms with Crippen LogP contribution in [0.3, 0.4) is 0 Å². The smallest absolute Gasteiger partial charge is 0.428 e. The summed E-state index contributed by atoms with van der Waals surface area (Å²) in [5.41, 5.74) is 1.63. The van der Waals surface area contributed by atoms with Crippen molar-refractivity contribution in [1.82, 2.24) is 5.43 Å². The molecule has 22 heavy (non-hydrogen) atoms.